The molecule has 0 aliphatic carbocycles. The minimum absolute atomic E-state index is 0.432. The molecule has 1 aromatic heterocycles. The molecule has 1 atom stereocenters. The van der Waals surface area contributed by atoms with Gasteiger partial charge in [0.1, 0.15) is 0 Å². The molecule has 13 heavy (non-hydrogen) atoms. The normalized spacial score (nSPS) is 23.0. The van der Waals surface area contributed by atoms with Crippen molar-refractivity contribution in [2.45, 2.75) is 13.0 Å². The summed E-state index contributed by atoms with van der Waals surface area (Å²) in [5.41, 5.74) is 2.35. The van der Waals surface area contributed by atoms with E-state index in [-0.39, 0.29) is 0 Å². The summed E-state index contributed by atoms with van der Waals surface area (Å²) in [6.07, 6.45) is 1.96. The molecule has 70 valence electrons. The lowest BCUT2D eigenvalue weighted by Crippen LogP contribution is -2.42. The summed E-state index contributed by atoms with van der Waals surface area (Å²) in [6.45, 7) is 5.12. The van der Waals surface area contributed by atoms with Crippen LogP contribution in [-0.2, 0) is 0 Å². The first-order valence-electron chi connectivity index (χ1n) is 4.73. The molecule has 1 aromatic rings. The fraction of sp³-hybridized carbons (Fsp3) is 0.500. The molecule has 1 saturated heterocycles. The van der Waals surface area contributed by atoms with Gasteiger partial charge in [-0.3, -0.25) is 4.98 Å². The molecule has 2 heterocycles. The van der Waals surface area contributed by atoms with E-state index in [0.29, 0.717) is 6.04 Å². The van der Waals surface area contributed by atoms with Crippen molar-refractivity contribution < 1.29 is 0 Å². The van der Waals surface area contributed by atoms with Gasteiger partial charge in [0.2, 0.25) is 0 Å². The highest BCUT2D eigenvalue weighted by atomic mass is 15.1. The molecule has 0 amide bonds. The van der Waals surface area contributed by atoms with Crippen LogP contribution in [0.4, 0.5) is 0 Å². The Labute approximate surface area is 78.6 Å². The molecule has 1 aliphatic heterocycles. The first kappa shape index (κ1) is 8.66. The van der Waals surface area contributed by atoms with Gasteiger partial charge < -0.3 is 10.6 Å². The molecule has 3 nitrogen and oxygen atoms in total. The second-order valence-corrected chi connectivity index (χ2v) is 3.44. The van der Waals surface area contributed by atoms with E-state index in [4.69, 9.17) is 0 Å². The Morgan fingerprint density at radius 2 is 2.31 bits per heavy atom. The Kier molecular flexibility index (Phi) is 2.57. The lowest BCUT2D eigenvalue weighted by atomic mass is 10.1. The van der Waals surface area contributed by atoms with Gasteiger partial charge in [0.25, 0.3) is 0 Å². The van der Waals surface area contributed by atoms with E-state index < -0.39 is 0 Å². The molecule has 0 radical (unpaired) electrons. The van der Waals surface area contributed by atoms with Crippen LogP contribution >= 0.6 is 0 Å². The van der Waals surface area contributed by atoms with Gasteiger partial charge in [-0.1, -0.05) is 6.07 Å². The van der Waals surface area contributed by atoms with E-state index in [1.165, 1.54) is 5.56 Å². The van der Waals surface area contributed by atoms with Crippen LogP contribution in [0.25, 0.3) is 0 Å². The van der Waals surface area contributed by atoms with Gasteiger partial charge >= 0.3 is 0 Å². The smallest absolute Gasteiger partial charge is 0.0462 e. The summed E-state index contributed by atoms with van der Waals surface area (Å²) >= 11 is 0. The first-order chi connectivity index (χ1) is 6.36. The minimum atomic E-state index is 0.432. The number of nitrogens with one attached hydrogen (secondary N) is 2. The van der Waals surface area contributed by atoms with Gasteiger partial charge in [-0.25, -0.2) is 0 Å². The Hall–Kier alpha value is -0.930. The van der Waals surface area contributed by atoms with E-state index in [1.54, 1.807) is 0 Å². The van der Waals surface area contributed by atoms with Crippen LogP contribution in [0.5, 0.6) is 0 Å². The maximum absolute atomic E-state index is 4.29. The lowest BCUT2D eigenvalue weighted by molar-refractivity contribution is 0.429. The Morgan fingerprint density at radius 3 is 2.92 bits per heavy atom. The highest BCUT2D eigenvalue weighted by Gasteiger charge is 2.13. The van der Waals surface area contributed by atoms with Crippen molar-refractivity contribution in [1.29, 1.82) is 0 Å². The number of hydrogen-bond acceptors (Lipinski definition) is 3. The molecule has 1 fully saturated rings. The molecule has 0 aromatic carbocycles. The highest BCUT2D eigenvalue weighted by Crippen LogP contribution is 2.12. The predicted octanol–water partition coefficient (Wildman–Crippen LogP) is 0.624. The van der Waals surface area contributed by atoms with Gasteiger partial charge in [0.05, 0.1) is 0 Å². The fourth-order valence-electron chi connectivity index (χ4n) is 1.57. The van der Waals surface area contributed by atoms with Crippen LogP contribution in [-0.4, -0.2) is 24.6 Å². The van der Waals surface area contributed by atoms with Gasteiger partial charge in [-0.2, -0.15) is 0 Å². The van der Waals surface area contributed by atoms with Crippen LogP contribution in [0.15, 0.2) is 18.3 Å². The largest absolute Gasteiger partial charge is 0.314 e. The number of pyridine rings is 1. The van der Waals surface area contributed by atoms with Gasteiger partial charge in [-0.15, -0.1) is 0 Å². The van der Waals surface area contributed by atoms with Crippen LogP contribution in [0.1, 0.15) is 17.3 Å². The standard InChI is InChI=1S/C10H15N3/c1-8-2-3-9(6-13-8)10-7-11-4-5-12-10/h2-3,6,10-12H,4-5,7H2,1H3/t10-/m0/s1. The van der Waals surface area contributed by atoms with Crippen LogP contribution < -0.4 is 10.6 Å². The Balaban J connectivity index is 2.10. The highest BCUT2D eigenvalue weighted by molar-refractivity contribution is 5.18. The average molecular weight is 177 g/mol. The monoisotopic (exact) mass is 177 g/mol. The van der Waals surface area contributed by atoms with Gasteiger partial charge in [-0.05, 0) is 18.6 Å². The maximum Gasteiger partial charge on any atom is 0.0462 e. The molecular formula is C10H15N3. The molecule has 0 bridgehead atoms. The van der Waals surface area contributed by atoms with E-state index in [0.717, 1.165) is 25.3 Å². The number of piperazine rings is 1. The number of aromatic nitrogens is 1. The summed E-state index contributed by atoms with van der Waals surface area (Å²) in [4.78, 5) is 4.29. The molecule has 0 saturated carbocycles. The zero-order valence-electron chi connectivity index (χ0n) is 7.88. The molecule has 2 rings (SSSR count). The topological polar surface area (TPSA) is 37.0 Å². The summed E-state index contributed by atoms with van der Waals surface area (Å²) in [6, 6.07) is 4.64. The fourth-order valence-corrected chi connectivity index (χ4v) is 1.57. The number of rotatable bonds is 1. The predicted molar refractivity (Wildman–Crippen MR) is 52.6 cm³/mol. The number of nitrogens with zero attached hydrogens (tertiary/aromatic N) is 1. The van der Waals surface area contributed by atoms with Crippen molar-refractivity contribution in [1.82, 2.24) is 15.6 Å². The third-order valence-corrected chi connectivity index (χ3v) is 2.38. The van der Waals surface area contributed by atoms with Crippen molar-refractivity contribution in [3.05, 3.63) is 29.6 Å². The van der Waals surface area contributed by atoms with Gasteiger partial charge in [0.15, 0.2) is 0 Å². The molecule has 3 heteroatoms. The number of hydrogen-bond donors (Lipinski definition) is 2. The van der Waals surface area contributed by atoms with Crippen LogP contribution in [0, 0.1) is 6.92 Å². The minimum Gasteiger partial charge on any atom is -0.314 e. The zero-order chi connectivity index (χ0) is 9.10. The molecule has 2 N–H and O–H groups in total. The van der Waals surface area contributed by atoms with Crippen molar-refractivity contribution in [2.75, 3.05) is 19.6 Å². The van der Waals surface area contributed by atoms with E-state index in [9.17, 15) is 0 Å². The van der Waals surface area contributed by atoms with Crippen molar-refractivity contribution in [3.63, 3.8) is 0 Å². The van der Waals surface area contributed by atoms with Crippen LogP contribution in [0.3, 0.4) is 0 Å². The SMILES string of the molecule is Cc1ccc([C@@H]2CNCCN2)cn1. The second-order valence-electron chi connectivity index (χ2n) is 3.44. The third-order valence-electron chi connectivity index (χ3n) is 2.38. The van der Waals surface area contributed by atoms with Gasteiger partial charge in [0, 0.05) is 37.6 Å². The van der Waals surface area contributed by atoms with Crippen molar-refractivity contribution in [2.24, 2.45) is 0 Å². The summed E-state index contributed by atoms with van der Waals surface area (Å²) in [5.74, 6) is 0. The van der Waals surface area contributed by atoms with E-state index in [1.807, 2.05) is 13.1 Å². The summed E-state index contributed by atoms with van der Waals surface area (Å²) in [7, 11) is 0. The average Bonchev–Trinajstić information content (AvgIpc) is 2.20. The summed E-state index contributed by atoms with van der Waals surface area (Å²) < 4.78 is 0. The lowest BCUT2D eigenvalue weighted by Gasteiger charge is -2.24. The molecule has 0 unspecified atom stereocenters. The second kappa shape index (κ2) is 3.85. The summed E-state index contributed by atoms with van der Waals surface area (Å²) in [5, 5.41) is 6.81. The zero-order valence-corrected chi connectivity index (χ0v) is 7.88. The Bertz CT molecular complexity index is 262. The van der Waals surface area contributed by atoms with E-state index in [2.05, 4.69) is 27.8 Å². The quantitative estimate of drug-likeness (QED) is 0.660. The molecule has 1 aliphatic rings. The van der Waals surface area contributed by atoms with Crippen molar-refractivity contribution >= 4 is 0 Å². The molecule has 0 spiro atoms. The molecular weight excluding hydrogens is 162 g/mol. The Morgan fingerprint density at radius 1 is 1.38 bits per heavy atom. The maximum atomic E-state index is 4.29. The third kappa shape index (κ3) is 2.05. The van der Waals surface area contributed by atoms with Crippen LogP contribution in [0.2, 0.25) is 0 Å². The first-order valence-corrected chi connectivity index (χ1v) is 4.73. The number of aryl methyl sites for hydroxylation is 1. The van der Waals surface area contributed by atoms with E-state index >= 15 is 0 Å². The van der Waals surface area contributed by atoms with Crippen molar-refractivity contribution in [3.8, 4) is 0 Å².